The topological polar surface area (TPSA) is 52.6 Å². The molecule has 0 radical (unpaired) electrons. The van der Waals surface area contributed by atoms with Gasteiger partial charge in [-0.25, -0.2) is 0 Å². The van der Waals surface area contributed by atoms with Gasteiger partial charge in [-0.2, -0.15) is 0 Å². The average Bonchev–Trinajstić information content (AvgIpc) is 2.64. The lowest BCUT2D eigenvalue weighted by Gasteiger charge is -2.25. The molecule has 4 atom stereocenters. The smallest absolute Gasteiger partial charge is 0.309 e. The Bertz CT molecular complexity index is 489. The summed E-state index contributed by atoms with van der Waals surface area (Å²) >= 11 is 0. The number of hydrogen-bond donors (Lipinski definition) is 0. The molecule has 0 amide bonds. The van der Waals surface area contributed by atoms with Crippen LogP contribution in [0, 0.1) is 11.8 Å². The van der Waals surface area contributed by atoms with E-state index in [4.69, 9.17) is 9.47 Å². The minimum atomic E-state index is -0.286. The summed E-state index contributed by atoms with van der Waals surface area (Å²) in [6.07, 6.45) is 6.20. The number of esters is 2. The van der Waals surface area contributed by atoms with Gasteiger partial charge in [-0.3, -0.25) is 9.59 Å². The molecule has 1 aliphatic carbocycles. The Kier molecular flexibility index (Phi) is 4.86. The van der Waals surface area contributed by atoms with Crippen LogP contribution in [-0.4, -0.2) is 24.1 Å². The van der Waals surface area contributed by atoms with Gasteiger partial charge in [-0.15, -0.1) is 0 Å². The first-order valence-electron chi connectivity index (χ1n) is 7.60. The Morgan fingerprint density at radius 3 is 2.76 bits per heavy atom. The number of carbonyl (C=O) groups excluding carboxylic acids is 2. The van der Waals surface area contributed by atoms with Crippen molar-refractivity contribution in [1.82, 2.24) is 0 Å². The Labute approximate surface area is 126 Å². The van der Waals surface area contributed by atoms with Crippen LogP contribution in [0.25, 0.3) is 0 Å². The van der Waals surface area contributed by atoms with Crippen LogP contribution in [0.3, 0.4) is 0 Å². The van der Waals surface area contributed by atoms with Crippen LogP contribution in [0.15, 0.2) is 23.3 Å². The van der Waals surface area contributed by atoms with Crippen molar-refractivity contribution in [2.75, 3.05) is 0 Å². The molecular formula is C17H24O4. The highest BCUT2D eigenvalue weighted by Crippen LogP contribution is 2.36. The maximum absolute atomic E-state index is 11.9. The molecule has 1 unspecified atom stereocenters. The van der Waals surface area contributed by atoms with E-state index in [1.54, 1.807) is 0 Å². The zero-order valence-corrected chi connectivity index (χ0v) is 13.2. The number of ether oxygens (including phenoxy) is 2. The standard InChI is InChI=1S/C17H24O4/c1-10-6-5-7-11(2)15(20-13(4)18)9-14-12(3)17(19)21-16(14)8-10/h7-8,12,14-16H,5-6,9H2,1-4H3/b10-8+,11-7?/t12-,14-,15?,16+/m0/s1. The molecule has 0 aromatic rings. The summed E-state index contributed by atoms with van der Waals surface area (Å²) in [5.41, 5.74) is 2.30. The first-order chi connectivity index (χ1) is 9.88. The van der Waals surface area contributed by atoms with Gasteiger partial charge in [-0.1, -0.05) is 18.6 Å². The molecule has 4 nitrogen and oxygen atoms in total. The Balaban J connectivity index is 2.29. The maximum atomic E-state index is 11.9. The molecular weight excluding hydrogens is 268 g/mol. The first-order valence-corrected chi connectivity index (χ1v) is 7.60. The van der Waals surface area contributed by atoms with Crippen LogP contribution < -0.4 is 0 Å². The number of rotatable bonds is 1. The molecule has 0 bridgehead atoms. The molecule has 2 aliphatic rings. The molecule has 1 aliphatic heterocycles. The fourth-order valence-electron chi connectivity index (χ4n) is 3.08. The van der Waals surface area contributed by atoms with Crippen LogP contribution in [0.4, 0.5) is 0 Å². The van der Waals surface area contributed by atoms with Gasteiger partial charge in [0, 0.05) is 12.8 Å². The molecule has 0 saturated carbocycles. The summed E-state index contributed by atoms with van der Waals surface area (Å²) in [6, 6.07) is 0. The largest absolute Gasteiger partial charge is 0.458 e. The molecule has 1 fully saturated rings. The zero-order chi connectivity index (χ0) is 15.6. The molecule has 2 rings (SSSR count). The zero-order valence-electron chi connectivity index (χ0n) is 13.2. The van der Waals surface area contributed by atoms with Gasteiger partial charge < -0.3 is 9.47 Å². The monoisotopic (exact) mass is 292 g/mol. The predicted molar refractivity (Wildman–Crippen MR) is 79.5 cm³/mol. The predicted octanol–water partition coefficient (Wildman–Crippen LogP) is 3.17. The molecule has 21 heavy (non-hydrogen) atoms. The normalized spacial score (nSPS) is 35.9. The van der Waals surface area contributed by atoms with E-state index in [0.717, 1.165) is 18.4 Å². The highest BCUT2D eigenvalue weighted by atomic mass is 16.6. The second-order valence-corrected chi connectivity index (χ2v) is 6.19. The van der Waals surface area contributed by atoms with E-state index < -0.39 is 0 Å². The van der Waals surface area contributed by atoms with E-state index in [1.807, 2.05) is 13.8 Å². The third-order valence-corrected chi connectivity index (χ3v) is 4.44. The molecule has 0 aromatic carbocycles. The molecule has 116 valence electrons. The van der Waals surface area contributed by atoms with Crippen molar-refractivity contribution in [3.05, 3.63) is 23.3 Å². The van der Waals surface area contributed by atoms with E-state index in [0.29, 0.717) is 6.42 Å². The molecule has 1 saturated heterocycles. The van der Waals surface area contributed by atoms with Gasteiger partial charge in [0.2, 0.25) is 0 Å². The average molecular weight is 292 g/mol. The van der Waals surface area contributed by atoms with E-state index in [-0.39, 0.29) is 36.0 Å². The van der Waals surface area contributed by atoms with Crippen molar-refractivity contribution < 1.29 is 19.1 Å². The van der Waals surface area contributed by atoms with Gasteiger partial charge in [0.25, 0.3) is 0 Å². The molecule has 1 heterocycles. The van der Waals surface area contributed by atoms with E-state index in [1.165, 1.54) is 12.5 Å². The van der Waals surface area contributed by atoms with Crippen LogP contribution in [-0.2, 0) is 19.1 Å². The number of hydrogen-bond acceptors (Lipinski definition) is 4. The fraction of sp³-hybridized carbons (Fsp3) is 0.647. The van der Waals surface area contributed by atoms with E-state index in [2.05, 4.69) is 19.1 Å². The van der Waals surface area contributed by atoms with Crippen LogP contribution >= 0.6 is 0 Å². The molecule has 0 N–H and O–H groups in total. The van der Waals surface area contributed by atoms with Gasteiger partial charge in [-0.05, 0) is 44.8 Å². The third-order valence-electron chi connectivity index (χ3n) is 4.44. The Hall–Kier alpha value is -1.58. The van der Waals surface area contributed by atoms with Crippen molar-refractivity contribution in [2.24, 2.45) is 11.8 Å². The Morgan fingerprint density at radius 1 is 1.38 bits per heavy atom. The van der Waals surface area contributed by atoms with Gasteiger partial charge >= 0.3 is 11.9 Å². The highest BCUT2D eigenvalue weighted by Gasteiger charge is 2.42. The highest BCUT2D eigenvalue weighted by molar-refractivity contribution is 5.75. The first kappa shape index (κ1) is 15.8. The summed E-state index contributed by atoms with van der Waals surface area (Å²) in [5, 5.41) is 0. The molecule has 0 aromatic heterocycles. The minimum absolute atomic E-state index is 0.0539. The maximum Gasteiger partial charge on any atom is 0.309 e. The van der Waals surface area contributed by atoms with E-state index >= 15 is 0 Å². The lowest BCUT2D eigenvalue weighted by Crippen LogP contribution is -2.28. The summed E-state index contributed by atoms with van der Waals surface area (Å²) < 4.78 is 11.0. The van der Waals surface area contributed by atoms with Crippen molar-refractivity contribution >= 4 is 11.9 Å². The minimum Gasteiger partial charge on any atom is -0.458 e. The van der Waals surface area contributed by atoms with Crippen molar-refractivity contribution in [3.63, 3.8) is 0 Å². The number of fused-ring (bicyclic) bond motifs is 1. The lowest BCUT2D eigenvalue weighted by atomic mass is 9.83. The van der Waals surface area contributed by atoms with E-state index in [9.17, 15) is 9.59 Å². The summed E-state index contributed by atoms with van der Waals surface area (Å²) in [7, 11) is 0. The van der Waals surface area contributed by atoms with Crippen LogP contribution in [0.5, 0.6) is 0 Å². The molecule has 4 heteroatoms. The third kappa shape index (κ3) is 3.74. The van der Waals surface area contributed by atoms with Crippen LogP contribution in [0.2, 0.25) is 0 Å². The van der Waals surface area contributed by atoms with Crippen molar-refractivity contribution in [2.45, 2.75) is 59.2 Å². The van der Waals surface area contributed by atoms with Gasteiger partial charge in [0.05, 0.1) is 5.92 Å². The summed E-state index contributed by atoms with van der Waals surface area (Å²) in [6.45, 7) is 7.38. The lowest BCUT2D eigenvalue weighted by molar-refractivity contribution is -0.145. The second-order valence-electron chi connectivity index (χ2n) is 6.19. The SMILES string of the molecule is CC(=O)OC1C[C@H]2[C@H](C)C(=O)O[C@@H]2/C=C(\C)CCC=C1C. The molecule has 0 spiro atoms. The van der Waals surface area contributed by atoms with Crippen LogP contribution in [0.1, 0.15) is 47.0 Å². The van der Waals surface area contributed by atoms with Gasteiger partial charge in [0.1, 0.15) is 12.2 Å². The van der Waals surface area contributed by atoms with Crippen molar-refractivity contribution in [3.8, 4) is 0 Å². The van der Waals surface area contributed by atoms with Gasteiger partial charge in [0.15, 0.2) is 0 Å². The number of carbonyl (C=O) groups is 2. The quantitative estimate of drug-likeness (QED) is 0.550. The number of allylic oxidation sites excluding steroid dienone is 2. The summed E-state index contributed by atoms with van der Waals surface area (Å²) in [5.74, 6) is -0.551. The second kappa shape index (κ2) is 6.46. The Morgan fingerprint density at radius 2 is 2.10 bits per heavy atom. The fourth-order valence-corrected chi connectivity index (χ4v) is 3.08. The van der Waals surface area contributed by atoms with Crippen molar-refractivity contribution in [1.29, 1.82) is 0 Å². The summed E-state index contributed by atoms with van der Waals surface area (Å²) in [4.78, 5) is 23.2.